The highest BCUT2D eigenvalue weighted by Gasteiger charge is 2.76. The summed E-state index contributed by atoms with van der Waals surface area (Å²) >= 11 is 0. The number of Topliss-reactive ketones (excluding diaryl/α,β-unsaturated/α-hetero) is 1. The number of hydrogen-bond acceptors (Lipinski definition) is 8. The van der Waals surface area contributed by atoms with Crippen molar-refractivity contribution in [3.05, 3.63) is 42.5 Å². The van der Waals surface area contributed by atoms with Crippen molar-refractivity contribution in [2.75, 3.05) is 0 Å². The zero-order valence-electron chi connectivity index (χ0n) is 20.9. The van der Waals surface area contributed by atoms with E-state index in [9.17, 15) is 28.5 Å². The molecule has 2 saturated carbocycles. The van der Waals surface area contributed by atoms with Gasteiger partial charge in [0.1, 0.15) is 12.2 Å². The molecular weight excluding hydrogens is 472 g/mol. The van der Waals surface area contributed by atoms with Crippen LogP contribution >= 0.6 is 0 Å². The van der Waals surface area contributed by atoms with Gasteiger partial charge in [-0.25, -0.2) is 0 Å². The number of aliphatic hydroxyl groups excluding tert-OH is 2. The number of rotatable bonds is 4. The molecule has 4 rings (SSSR count). The second-order valence-electron chi connectivity index (χ2n) is 11.5. The third-order valence-corrected chi connectivity index (χ3v) is 10.1. The van der Waals surface area contributed by atoms with Crippen LogP contribution in [-0.4, -0.2) is 65.1 Å². The Balaban J connectivity index is 1.90. The third kappa shape index (κ3) is 3.74. The van der Waals surface area contributed by atoms with E-state index in [1.807, 2.05) is 20.8 Å². The molecule has 3 N–H and O–H groups in total. The molecule has 3 fully saturated rings. The second-order valence-corrected chi connectivity index (χ2v) is 13.1. The molecule has 0 aromatic heterocycles. The second kappa shape index (κ2) is 8.19. The largest absolute Gasteiger partial charge is 0.392 e. The molecule has 0 amide bonds. The number of aryl methyl sites for hydroxylation is 1. The predicted octanol–water partition coefficient (Wildman–Crippen LogP) is 2.28. The number of carbonyl (C=O) groups is 1. The molecule has 1 heterocycles. The maximum Gasteiger partial charge on any atom is 0.297 e. The fraction of sp³-hybridized carbons (Fsp3) is 0.654. The van der Waals surface area contributed by atoms with Crippen LogP contribution in [0, 0.1) is 23.7 Å². The minimum atomic E-state index is -4.41. The first kappa shape index (κ1) is 26.4. The van der Waals surface area contributed by atoms with Crippen molar-refractivity contribution in [2.24, 2.45) is 16.7 Å². The maximum atomic E-state index is 13.7. The van der Waals surface area contributed by atoms with E-state index in [2.05, 4.69) is 6.58 Å². The summed E-state index contributed by atoms with van der Waals surface area (Å²) in [6, 6.07) is 6.03. The van der Waals surface area contributed by atoms with E-state index in [4.69, 9.17) is 8.92 Å². The van der Waals surface area contributed by atoms with E-state index in [1.54, 1.807) is 26.0 Å². The fourth-order valence-corrected chi connectivity index (χ4v) is 7.82. The monoisotopic (exact) mass is 508 g/mol. The zero-order chi connectivity index (χ0) is 26.2. The van der Waals surface area contributed by atoms with Crippen LogP contribution in [0.25, 0.3) is 0 Å². The number of aliphatic hydroxyl groups is 3. The van der Waals surface area contributed by atoms with E-state index in [1.165, 1.54) is 18.2 Å². The van der Waals surface area contributed by atoms with Crippen molar-refractivity contribution in [1.82, 2.24) is 0 Å². The molecule has 3 aliphatic rings. The molecule has 3 unspecified atom stereocenters. The van der Waals surface area contributed by atoms with E-state index < -0.39 is 68.3 Å². The quantitative estimate of drug-likeness (QED) is 0.417. The molecule has 0 radical (unpaired) electrons. The fourth-order valence-electron chi connectivity index (χ4n) is 6.74. The molecule has 35 heavy (non-hydrogen) atoms. The predicted molar refractivity (Wildman–Crippen MR) is 128 cm³/mol. The topological polar surface area (TPSA) is 130 Å². The van der Waals surface area contributed by atoms with E-state index in [-0.39, 0.29) is 11.3 Å². The van der Waals surface area contributed by atoms with E-state index in [0.717, 1.165) is 5.56 Å². The molecular formula is C26H36O8S. The molecule has 8 nitrogen and oxygen atoms in total. The van der Waals surface area contributed by atoms with Crippen LogP contribution in [-0.2, 0) is 23.8 Å². The van der Waals surface area contributed by atoms with Crippen molar-refractivity contribution in [3.8, 4) is 0 Å². The van der Waals surface area contributed by atoms with Gasteiger partial charge in [-0.3, -0.25) is 8.98 Å². The Morgan fingerprint density at radius 2 is 1.74 bits per heavy atom. The highest BCUT2D eigenvalue weighted by Crippen LogP contribution is 2.64. The van der Waals surface area contributed by atoms with Crippen molar-refractivity contribution in [2.45, 2.75) is 94.4 Å². The van der Waals surface area contributed by atoms with Gasteiger partial charge in [0, 0.05) is 17.8 Å². The van der Waals surface area contributed by atoms with Gasteiger partial charge in [-0.15, -0.1) is 6.58 Å². The Morgan fingerprint density at radius 3 is 2.31 bits per heavy atom. The van der Waals surface area contributed by atoms with Crippen LogP contribution in [0.4, 0.5) is 0 Å². The number of ether oxygens (including phenoxy) is 1. The average Bonchev–Trinajstić information content (AvgIpc) is 2.77. The molecule has 1 saturated heterocycles. The van der Waals surface area contributed by atoms with Crippen LogP contribution < -0.4 is 0 Å². The lowest BCUT2D eigenvalue weighted by atomic mass is 9.42. The summed E-state index contributed by atoms with van der Waals surface area (Å²) in [7, 11) is -4.41. The summed E-state index contributed by atoms with van der Waals surface area (Å²) < 4.78 is 38.4. The summed E-state index contributed by atoms with van der Waals surface area (Å²) in [5.41, 5.74) is -4.83. The first-order valence-electron chi connectivity index (χ1n) is 12.0. The Labute approximate surface area is 207 Å². The zero-order valence-corrected chi connectivity index (χ0v) is 21.7. The van der Waals surface area contributed by atoms with Gasteiger partial charge < -0.3 is 20.1 Å². The molecule has 1 aromatic carbocycles. The molecule has 194 valence electrons. The minimum absolute atomic E-state index is 0.122. The Bertz CT molecular complexity index is 1130. The van der Waals surface area contributed by atoms with Gasteiger partial charge in [0.2, 0.25) is 0 Å². The van der Waals surface area contributed by atoms with Crippen molar-refractivity contribution < 1.29 is 37.5 Å². The molecule has 0 bridgehead atoms. The lowest BCUT2D eigenvalue weighted by molar-refractivity contribution is -0.331. The van der Waals surface area contributed by atoms with Crippen molar-refractivity contribution in [1.29, 1.82) is 0 Å². The van der Waals surface area contributed by atoms with Gasteiger partial charge in [-0.05, 0) is 44.2 Å². The Morgan fingerprint density at radius 1 is 1.14 bits per heavy atom. The Kier molecular flexibility index (Phi) is 6.19. The number of carbonyl (C=O) groups excluding carboxylic acids is 1. The molecule has 1 aromatic rings. The molecule has 0 spiro atoms. The lowest BCUT2D eigenvalue weighted by Crippen LogP contribution is -2.82. The molecule has 8 atom stereocenters. The normalized spacial score (nSPS) is 43.2. The van der Waals surface area contributed by atoms with Gasteiger partial charge in [0.25, 0.3) is 10.1 Å². The lowest BCUT2D eigenvalue weighted by Gasteiger charge is -2.67. The van der Waals surface area contributed by atoms with Gasteiger partial charge >= 0.3 is 0 Å². The summed E-state index contributed by atoms with van der Waals surface area (Å²) in [5, 5.41) is 35.1. The van der Waals surface area contributed by atoms with Crippen LogP contribution in [0.2, 0.25) is 0 Å². The van der Waals surface area contributed by atoms with Gasteiger partial charge in [-0.2, -0.15) is 8.42 Å². The van der Waals surface area contributed by atoms with Crippen LogP contribution in [0.1, 0.15) is 52.5 Å². The van der Waals surface area contributed by atoms with Crippen molar-refractivity contribution in [3.63, 3.8) is 0 Å². The van der Waals surface area contributed by atoms with E-state index in [0.29, 0.717) is 12.8 Å². The molecule has 9 heteroatoms. The van der Waals surface area contributed by atoms with Gasteiger partial charge in [0.15, 0.2) is 11.4 Å². The smallest absolute Gasteiger partial charge is 0.297 e. The number of hydrogen-bond donors (Lipinski definition) is 3. The van der Waals surface area contributed by atoms with Crippen LogP contribution in [0.3, 0.4) is 0 Å². The summed E-state index contributed by atoms with van der Waals surface area (Å²) in [5.74, 6) is -1.47. The first-order chi connectivity index (χ1) is 16.0. The summed E-state index contributed by atoms with van der Waals surface area (Å²) in [6.07, 6.45) is -3.74. The van der Waals surface area contributed by atoms with Crippen molar-refractivity contribution >= 4 is 15.9 Å². The highest BCUT2D eigenvalue weighted by molar-refractivity contribution is 7.86. The minimum Gasteiger partial charge on any atom is -0.392 e. The Hall–Kier alpha value is -1.62. The highest BCUT2D eigenvalue weighted by atomic mass is 32.2. The van der Waals surface area contributed by atoms with Gasteiger partial charge in [0.05, 0.1) is 22.7 Å². The van der Waals surface area contributed by atoms with Crippen LogP contribution in [0.5, 0.6) is 0 Å². The number of ketones is 1. The SMILES string of the molecule is C=C[C@@]1(C)CC(=O)[C@@]2(O)[C@H](O1)C(OS(=O)(=O)c1ccc(C)cc1)C(O)[C@H]1C(C)(C)CC[C@H](O)C12C. The van der Waals surface area contributed by atoms with Crippen LogP contribution in [0.15, 0.2) is 41.8 Å². The number of fused-ring (bicyclic) bond motifs is 3. The standard InChI is InChI=1S/C26H36O8S/c1-7-24(5)14-18(28)26(30)22(33-24)20(34-35(31,32)16-10-8-15(2)9-11-16)19(29)21-23(3,4)13-12-17(27)25(21,26)6/h7-11,17,19-22,27,29-30H,1,12-14H2,2-6H3/t17-,19?,20?,21-,22+,24-,25?,26+/m0/s1. The summed E-state index contributed by atoms with van der Waals surface area (Å²) in [4.78, 5) is 13.6. The third-order valence-electron chi connectivity index (χ3n) is 8.76. The summed E-state index contributed by atoms with van der Waals surface area (Å²) in [6.45, 7) is 12.5. The maximum absolute atomic E-state index is 13.7. The molecule has 1 aliphatic heterocycles. The first-order valence-corrected chi connectivity index (χ1v) is 13.4. The average molecular weight is 509 g/mol. The van der Waals surface area contributed by atoms with Gasteiger partial charge in [-0.1, -0.05) is 44.5 Å². The molecule has 2 aliphatic carbocycles. The number of benzene rings is 1. The van der Waals surface area contributed by atoms with E-state index >= 15 is 0 Å².